The van der Waals surface area contributed by atoms with Crippen LogP contribution in [0.2, 0.25) is 0 Å². The van der Waals surface area contributed by atoms with Gasteiger partial charge in [0.1, 0.15) is 10.7 Å². The van der Waals surface area contributed by atoms with Crippen LogP contribution in [0.5, 0.6) is 0 Å². The van der Waals surface area contributed by atoms with Gasteiger partial charge in [-0.2, -0.15) is 4.31 Å². The minimum atomic E-state index is -3.80. The SMILES string of the molecule is O=S(=O)(c1ccccc1F)N1CC[C@@H](O)C1. The molecule has 1 saturated heterocycles. The molecule has 1 aliphatic rings. The molecule has 0 spiro atoms. The second-order valence-electron chi connectivity index (χ2n) is 3.74. The Kier molecular flexibility index (Phi) is 2.96. The Hall–Kier alpha value is -0.980. The summed E-state index contributed by atoms with van der Waals surface area (Å²) in [5.74, 6) is -0.760. The molecule has 1 aromatic carbocycles. The molecule has 1 fully saturated rings. The van der Waals surface area contributed by atoms with E-state index in [1.807, 2.05) is 0 Å². The molecular weight excluding hydrogens is 233 g/mol. The lowest BCUT2D eigenvalue weighted by atomic mass is 10.3. The molecule has 0 aromatic heterocycles. The molecular formula is C10H12FNO3S. The standard InChI is InChI=1S/C10H12FNO3S/c11-9-3-1-2-4-10(9)16(14,15)12-6-5-8(13)7-12/h1-4,8,13H,5-7H2/t8-/m1/s1. The van der Waals surface area contributed by atoms with Gasteiger partial charge in [0.2, 0.25) is 10.0 Å². The van der Waals surface area contributed by atoms with E-state index in [1.165, 1.54) is 18.2 Å². The van der Waals surface area contributed by atoms with Crippen molar-refractivity contribution >= 4 is 10.0 Å². The van der Waals surface area contributed by atoms with Crippen LogP contribution in [0.4, 0.5) is 4.39 Å². The molecule has 6 heteroatoms. The zero-order chi connectivity index (χ0) is 11.8. The van der Waals surface area contributed by atoms with E-state index in [9.17, 15) is 17.9 Å². The minimum absolute atomic E-state index is 0.0384. The summed E-state index contributed by atoms with van der Waals surface area (Å²) in [5, 5.41) is 9.28. The summed E-state index contributed by atoms with van der Waals surface area (Å²) in [7, 11) is -3.80. The first-order valence-electron chi connectivity index (χ1n) is 4.94. The molecule has 0 unspecified atom stereocenters. The van der Waals surface area contributed by atoms with Crippen LogP contribution in [-0.2, 0) is 10.0 Å². The van der Waals surface area contributed by atoms with E-state index in [1.54, 1.807) is 0 Å². The third-order valence-electron chi connectivity index (χ3n) is 2.58. The van der Waals surface area contributed by atoms with Crippen LogP contribution in [0.3, 0.4) is 0 Å². The molecule has 1 aromatic rings. The Balaban J connectivity index is 2.36. The molecule has 0 amide bonds. The van der Waals surface area contributed by atoms with Crippen molar-refractivity contribution < 1.29 is 17.9 Å². The summed E-state index contributed by atoms with van der Waals surface area (Å²) >= 11 is 0. The van der Waals surface area contributed by atoms with Gasteiger partial charge in [-0.3, -0.25) is 0 Å². The number of sulfonamides is 1. The molecule has 88 valence electrons. The second kappa shape index (κ2) is 4.12. The first kappa shape index (κ1) is 11.5. The predicted octanol–water partition coefficient (Wildman–Crippen LogP) is 0.581. The normalized spacial score (nSPS) is 22.5. The van der Waals surface area contributed by atoms with Crippen molar-refractivity contribution in [1.29, 1.82) is 0 Å². The quantitative estimate of drug-likeness (QED) is 0.829. The van der Waals surface area contributed by atoms with Crippen molar-refractivity contribution in [2.24, 2.45) is 0 Å². The Morgan fingerprint density at radius 1 is 1.38 bits per heavy atom. The van der Waals surface area contributed by atoms with Gasteiger partial charge < -0.3 is 5.11 Å². The zero-order valence-electron chi connectivity index (χ0n) is 8.51. The Morgan fingerprint density at radius 2 is 2.06 bits per heavy atom. The maximum atomic E-state index is 13.4. The number of β-amino-alcohol motifs (C(OH)–C–C–N with tert-alkyl or cyclic N) is 1. The number of halogens is 1. The highest BCUT2D eigenvalue weighted by atomic mass is 32.2. The van der Waals surface area contributed by atoms with Crippen molar-refractivity contribution in [3.63, 3.8) is 0 Å². The van der Waals surface area contributed by atoms with Crippen LogP contribution in [-0.4, -0.2) is 37.0 Å². The Bertz CT molecular complexity index is 489. The van der Waals surface area contributed by atoms with E-state index in [0.29, 0.717) is 6.42 Å². The Labute approximate surface area is 93.4 Å². The molecule has 0 saturated carbocycles. The molecule has 0 radical (unpaired) electrons. The number of benzene rings is 1. The van der Waals surface area contributed by atoms with Gasteiger partial charge in [0.25, 0.3) is 0 Å². The first-order valence-corrected chi connectivity index (χ1v) is 6.38. The summed E-state index contributed by atoms with van der Waals surface area (Å²) < 4.78 is 38.4. The molecule has 4 nitrogen and oxygen atoms in total. The fourth-order valence-corrected chi connectivity index (χ4v) is 3.28. The van der Waals surface area contributed by atoms with Crippen molar-refractivity contribution in [1.82, 2.24) is 4.31 Å². The van der Waals surface area contributed by atoms with Crippen molar-refractivity contribution in [3.05, 3.63) is 30.1 Å². The van der Waals surface area contributed by atoms with Gasteiger partial charge in [0.05, 0.1) is 6.10 Å². The van der Waals surface area contributed by atoms with Crippen LogP contribution in [0.25, 0.3) is 0 Å². The number of hydrogen-bond donors (Lipinski definition) is 1. The van der Waals surface area contributed by atoms with Crippen LogP contribution in [0.1, 0.15) is 6.42 Å². The topological polar surface area (TPSA) is 57.6 Å². The van der Waals surface area contributed by atoms with Gasteiger partial charge in [-0.15, -0.1) is 0 Å². The maximum Gasteiger partial charge on any atom is 0.246 e. The van der Waals surface area contributed by atoms with Gasteiger partial charge in [0, 0.05) is 13.1 Å². The van der Waals surface area contributed by atoms with Crippen molar-refractivity contribution in [2.45, 2.75) is 17.4 Å². The van der Waals surface area contributed by atoms with E-state index in [2.05, 4.69) is 0 Å². The average Bonchev–Trinajstić information content (AvgIpc) is 2.66. The van der Waals surface area contributed by atoms with E-state index in [4.69, 9.17) is 0 Å². The summed E-state index contributed by atoms with van der Waals surface area (Å²) in [5.41, 5.74) is 0. The van der Waals surface area contributed by atoms with Gasteiger partial charge in [0.15, 0.2) is 0 Å². The molecule has 0 bridgehead atoms. The molecule has 2 rings (SSSR count). The highest BCUT2D eigenvalue weighted by molar-refractivity contribution is 7.89. The van der Waals surface area contributed by atoms with E-state index in [-0.39, 0.29) is 18.0 Å². The lowest BCUT2D eigenvalue weighted by molar-refractivity contribution is 0.189. The summed E-state index contributed by atoms with van der Waals surface area (Å²) in [6, 6.07) is 5.25. The maximum absolute atomic E-state index is 13.4. The lowest BCUT2D eigenvalue weighted by Gasteiger charge is -2.15. The largest absolute Gasteiger partial charge is 0.392 e. The average molecular weight is 245 g/mol. The molecule has 16 heavy (non-hydrogen) atoms. The minimum Gasteiger partial charge on any atom is -0.392 e. The van der Waals surface area contributed by atoms with Crippen LogP contribution in [0, 0.1) is 5.82 Å². The number of aliphatic hydroxyl groups is 1. The Morgan fingerprint density at radius 3 is 2.62 bits per heavy atom. The number of rotatable bonds is 2. The zero-order valence-corrected chi connectivity index (χ0v) is 9.32. The van der Waals surface area contributed by atoms with Crippen LogP contribution < -0.4 is 0 Å². The highest BCUT2D eigenvalue weighted by Gasteiger charge is 2.32. The predicted molar refractivity (Wildman–Crippen MR) is 55.8 cm³/mol. The van der Waals surface area contributed by atoms with E-state index < -0.39 is 21.9 Å². The van der Waals surface area contributed by atoms with Gasteiger partial charge in [-0.25, -0.2) is 12.8 Å². The third kappa shape index (κ3) is 1.95. The van der Waals surface area contributed by atoms with E-state index in [0.717, 1.165) is 10.4 Å². The van der Waals surface area contributed by atoms with E-state index >= 15 is 0 Å². The number of hydrogen-bond acceptors (Lipinski definition) is 3. The second-order valence-corrected chi connectivity index (χ2v) is 5.64. The van der Waals surface area contributed by atoms with Crippen molar-refractivity contribution in [2.75, 3.05) is 13.1 Å². The summed E-state index contributed by atoms with van der Waals surface area (Å²) in [4.78, 5) is -0.330. The molecule has 0 aliphatic carbocycles. The summed E-state index contributed by atoms with van der Waals surface area (Å²) in [6.45, 7) is 0.272. The van der Waals surface area contributed by atoms with Gasteiger partial charge >= 0.3 is 0 Å². The third-order valence-corrected chi connectivity index (χ3v) is 4.48. The number of nitrogens with zero attached hydrogens (tertiary/aromatic N) is 1. The van der Waals surface area contributed by atoms with Crippen LogP contribution in [0.15, 0.2) is 29.2 Å². The first-order chi connectivity index (χ1) is 7.51. The number of aliphatic hydroxyl groups excluding tert-OH is 1. The molecule has 1 aliphatic heterocycles. The fraction of sp³-hybridized carbons (Fsp3) is 0.400. The molecule has 1 atom stereocenters. The highest BCUT2D eigenvalue weighted by Crippen LogP contribution is 2.22. The van der Waals surface area contributed by atoms with Crippen molar-refractivity contribution in [3.8, 4) is 0 Å². The smallest absolute Gasteiger partial charge is 0.246 e. The summed E-state index contributed by atoms with van der Waals surface area (Å²) in [6.07, 6.45) is -0.255. The lowest BCUT2D eigenvalue weighted by Crippen LogP contribution is -2.30. The molecule has 1 heterocycles. The van der Waals surface area contributed by atoms with Gasteiger partial charge in [-0.1, -0.05) is 12.1 Å². The monoisotopic (exact) mass is 245 g/mol. The van der Waals surface area contributed by atoms with Gasteiger partial charge in [-0.05, 0) is 18.6 Å². The molecule has 1 N–H and O–H groups in total. The fourth-order valence-electron chi connectivity index (χ4n) is 1.72. The van der Waals surface area contributed by atoms with Crippen LogP contribution >= 0.6 is 0 Å².